The Bertz CT molecular complexity index is 1250. The van der Waals surface area contributed by atoms with Crippen LogP contribution in [0.1, 0.15) is 17.8 Å². The first-order chi connectivity index (χ1) is 17.8. The molecule has 2 N–H and O–H groups in total. The number of rotatable bonds is 7. The van der Waals surface area contributed by atoms with Crippen LogP contribution in [0.25, 0.3) is 11.3 Å². The highest BCUT2D eigenvalue weighted by Gasteiger charge is 2.47. The number of hydrogen-bond donors (Lipinski definition) is 2. The van der Waals surface area contributed by atoms with Crippen molar-refractivity contribution in [1.82, 2.24) is 30.0 Å². The van der Waals surface area contributed by atoms with E-state index in [0.717, 1.165) is 0 Å². The zero-order chi connectivity index (χ0) is 26.3. The molecule has 37 heavy (non-hydrogen) atoms. The van der Waals surface area contributed by atoms with Gasteiger partial charge in [-0.3, -0.25) is 0 Å². The molecular formula is C22H24ClF3N6O5. The second kappa shape index (κ2) is 10.6. The molecule has 15 heteroatoms. The van der Waals surface area contributed by atoms with Gasteiger partial charge in [0.1, 0.15) is 42.3 Å². The van der Waals surface area contributed by atoms with Crippen molar-refractivity contribution in [2.75, 3.05) is 26.9 Å². The predicted octanol–water partition coefficient (Wildman–Crippen LogP) is 1.30. The summed E-state index contributed by atoms with van der Waals surface area (Å²) in [5, 5.41) is 36.5. The molecule has 0 saturated carbocycles. The lowest BCUT2D eigenvalue weighted by atomic mass is 9.90. The van der Waals surface area contributed by atoms with Crippen LogP contribution in [0, 0.1) is 11.6 Å². The van der Waals surface area contributed by atoms with E-state index in [0.29, 0.717) is 5.69 Å². The maximum absolute atomic E-state index is 14.5. The summed E-state index contributed by atoms with van der Waals surface area (Å²) in [6.07, 6.45) is -2.00. The Morgan fingerprint density at radius 1 is 1.11 bits per heavy atom. The summed E-state index contributed by atoms with van der Waals surface area (Å²) in [5.74, 6) is -2.40. The van der Waals surface area contributed by atoms with E-state index in [4.69, 9.17) is 25.8 Å². The first-order valence-corrected chi connectivity index (χ1v) is 11.9. The molecule has 200 valence electrons. The fourth-order valence-corrected chi connectivity index (χ4v) is 4.88. The van der Waals surface area contributed by atoms with E-state index in [-0.39, 0.29) is 35.9 Å². The summed E-state index contributed by atoms with van der Waals surface area (Å²) >= 11 is 5.64. The Kier molecular flexibility index (Phi) is 7.47. The summed E-state index contributed by atoms with van der Waals surface area (Å²) in [6, 6.07) is 0.959. The molecule has 1 aromatic carbocycles. The average Bonchev–Trinajstić information content (AvgIpc) is 3.64. The smallest absolute Gasteiger partial charge is 0.178 e. The van der Waals surface area contributed by atoms with Gasteiger partial charge in [0.25, 0.3) is 0 Å². The van der Waals surface area contributed by atoms with Gasteiger partial charge in [-0.25, -0.2) is 22.5 Å². The molecule has 0 unspecified atom stereocenters. The fourth-order valence-electron chi connectivity index (χ4n) is 4.73. The largest absolute Gasteiger partial charge is 0.394 e. The highest BCUT2D eigenvalue weighted by atomic mass is 35.5. The third kappa shape index (κ3) is 4.84. The maximum atomic E-state index is 14.5. The van der Waals surface area contributed by atoms with E-state index >= 15 is 0 Å². The van der Waals surface area contributed by atoms with Gasteiger partial charge < -0.3 is 24.4 Å². The van der Waals surface area contributed by atoms with Gasteiger partial charge >= 0.3 is 0 Å². The van der Waals surface area contributed by atoms with Crippen molar-refractivity contribution in [1.29, 1.82) is 0 Å². The Morgan fingerprint density at radius 3 is 2.59 bits per heavy atom. The van der Waals surface area contributed by atoms with Gasteiger partial charge in [-0.2, -0.15) is 0 Å². The van der Waals surface area contributed by atoms with Crippen LogP contribution in [0.5, 0.6) is 0 Å². The van der Waals surface area contributed by atoms with Crippen molar-refractivity contribution in [3.8, 4) is 11.3 Å². The van der Waals surface area contributed by atoms with E-state index < -0.39 is 60.9 Å². The molecule has 0 spiro atoms. The normalized spacial score (nSPS) is 30.2. The second-order valence-corrected chi connectivity index (χ2v) is 9.31. The summed E-state index contributed by atoms with van der Waals surface area (Å²) in [7, 11) is 1.41. The summed E-state index contributed by atoms with van der Waals surface area (Å²) in [6.45, 7) is -0.349. The van der Waals surface area contributed by atoms with Crippen LogP contribution < -0.4 is 0 Å². The van der Waals surface area contributed by atoms with Crippen LogP contribution in [0.4, 0.5) is 13.2 Å². The number of benzene rings is 1. The molecule has 4 heterocycles. The molecule has 2 aromatic heterocycles. The first-order valence-electron chi connectivity index (χ1n) is 11.5. The van der Waals surface area contributed by atoms with Gasteiger partial charge in [0, 0.05) is 25.3 Å². The van der Waals surface area contributed by atoms with Crippen molar-refractivity contribution in [2.45, 2.75) is 49.1 Å². The molecule has 0 aliphatic carbocycles. The highest BCUT2D eigenvalue weighted by molar-refractivity contribution is 6.30. The second-order valence-electron chi connectivity index (χ2n) is 8.90. The molecule has 11 nitrogen and oxygen atoms in total. The van der Waals surface area contributed by atoms with Crippen LogP contribution >= 0.6 is 11.6 Å². The van der Waals surface area contributed by atoms with E-state index in [2.05, 4.69) is 20.6 Å². The highest BCUT2D eigenvalue weighted by Crippen LogP contribution is 2.35. The van der Waals surface area contributed by atoms with Crippen molar-refractivity contribution in [3.63, 3.8) is 0 Å². The Morgan fingerprint density at radius 2 is 1.89 bits per heavy atom. The minimum atomic E-state index is -1.29. The van der Waals surface area contributed by atoms with E-state index in [1.807, 2.05) is 0 Å². The van der Waals surface area contributed by atoms with Gasteiger partial charge in [0.15, 0.2) is 11.6 Å². The third-order valence-electron chi connectivity index (χ3n) is 6.65. The average molecular weight is 545 g/mol. The predicted molar refractivity (Wildman–Crippen MR) is 120 cm³/mol. The van der Waals surface area contributed by atoms with Gasteiger partial charge in [-0.15, -0.1) is 10.2 Å². The van der Waals surface area contributed by atoms with Crippen LogP contribution in [0.3, 0.4) is 0 Å². The molecule has 3 aromatic rings. The number of aliphatic hydroxyl groups is 2. The summed E-state index contributed by atoms with van der Waals surface area (Å²) in [5.41, 5.74) is 0.301. The molecule has 7 atom stereocenters. The van der Waals surface area contributed by atoms with Crippen LogP contribution in [-0.2, 0) is 20.6 Å². The zero-order valence-electron chi connectivity index (χ0n) is 19.5. The van der Waals surface area contributed by atoms with Gasteiger partial charge in [0.2, 0.25) is 0 Å². The van der Waals surface area contributed by atoms with Gasteiger partial charge in [0.05, 0.1) is 42.8 Å². The fraction of sp³-hybridized carbons (Fsp3) is 0.545. The first kappa shape index (κ1) is 26.0. The summed E-state index contributed by atoms with van der Waals surface area (Å²) < 4.78 is 61.9. The number of aromatic nitrogens is 6. The molecule has 2 saturated heterocycles. The molecule has 2 aliphatic rings. The number of halogens is 4. The Labute approximate surface area is 213 Å². The number of nitrogens with zero attached hydrogens (tertiary/aromatic N) is 6. The number of aliphatic hydroxyl groups excluding tert-OH is 2. The molecule has 2 aliphatic heterocycles. The van der Waals surface area contributed by atoms with E-state index in [1.54, 1.807) is 6.20 Å². The lowest BCUT2D eigenvalue weighted by molar-refractivity contribution is -0.212. The monoisotopic (exact) mass is 544 g/mol. The minimum absolute atomic E-state index is 0.00112. The quantitative estimate of drug-likeness (QED) is 0.423. The molecule has 2 fully saturated rings. The lowest BCUT2D eigenvalue weighted by Gasteiger charge is -2.43. The Hall–Kier alpha value is -2.62. The van der Waals surface area contributed by atoms with Crippen LogP contribution in [-0.4, -0.2) is 97.7 Å². The van der Waals surface area contributed by atoms with Crippen LogP contribution in [0.15, 0.2) is 24.5 Å². The van der Waals surface area contributed by atoms with Crippen LogP contribution in [0.2, 0.25) is 5.02 Å². The van der Waals surface area contributed by atoms with Crippen molar-refractivity contribution >= 4 is 11.6 Å². The lowest BCUT2D eigenvalue weighted by Crippen LogP contribution is -2.57. The number of alkyl halides is 1. The number of ether oxygens (including phenoxy) is 3. The van der Waals surface area contributed by atoms with Gasteiger partial charge in [-0.05, 0) is 12.1 Å². The van der Waals surface area contributed by atoms with Crippen molar-refractivity contribution in [3.05, 3.63) is 46.9 Å². The van der Waals surface area contributed by atoms with E-state index in [9.17, 15) is 23.4 Å². The van der Waals surface area contributed by atoms with E-state index in [1.165, 1.54) is 34.8 Å². The molecule has 0 bridgehead atoms. The minimum Gasteiger partial charge on any atom is -0.394 e. The zero-order valence-corrected chi connectivity index (χ0v) is 20.2. The number of hydrogen-bond acceptors (Lipinski definition) is 9. The van der Waals surface area contributed by atoms with Crippen molar-refractivity contribution in [2.24, 2.45) is 0 Å². The molecule has 0 amide bonds. The molecular weight excluding hydrogens is 521 g/mol. The standard InChI is InChI=1S/C22H24ClF3N6O5/c1-35-22-16(4-10-5-31(29-27-10)15-9-36-8-13(15)24)37-17(7-33)21(34)20(22)32-6-14(28-30-32)11-2-3-12(23)19(26)18(11)25/h2-3,5-6,13,15-17,20-22,33-34H,4,7-9H2,1H3/t13-,15-,16+,17+,20-,21-,22-/m0/s1. The maximum Gasteiger partial charge on any atom is 0.178 e. The van der Waals surface area contributed by atoms with Crippen molar-refractivity contribution < 1.29 is 37.6 Å². The topological polar surface area (TPSA) is 130 Å². The molecule has 0 radical (unpaired) electrons. The number of methoxy groups -OCH3 is 1. The Balaban J connectivity index is 1.42. The van der Waals surface area contributed by atoms with Gasteiger partial charge in [-0.1, -0.05) is 22.0 Å². The third-order valence-corrected chi connectivity index (χ3v) is 6.95. The SMILES string of the molecule is CO[C@@H]1[C@@H](n2cc(-c3ccc(Cl)c(F)c3F)nn2)[C@@H](O)[C@@H](CO)O[C@@H]1Cc1cn([C@H]2COC[C@@H]2F)nn1. The molecule has 5 rings (SSSR count). The summed E-state index contributed by atoms with van der Waals surface area (Å²) in [4.78, 5) is 0.